The van der Waals surface area contributed by atoms with Gasteiger partial charge in [0, 0.05) is 32.7 Å². The van der Waals surface area contributed by atoms with Crippen molar-refractivity contribution in [1.82, 2.24) is 10.2 Å². The molecule has 2 aromatic rings. The van der Waals surface area contributed by atoms with E-state index >= 15 is 0 Å². The second-order valence-electron chi connectivity index (χ2n) is 6.27. The molecule has 0 bridgehead atoms. The molecule has 1 saturated heterocycles. The summed E-state index contributed by atoms with van der Waals surface area (Å²) in [5.74, 6) is 1.70. The van der Waals surface area contributed by atoms with Crippen LogP contribution in [0.25, 0.3) is 0 Å². The molecule has 0 radical (unpaired) electrons. The quantitative estimate of drug-likeness (QED) is 0.284. The maximum atomic E-state index is 11.7. The maximum Gasteiger partial charge on any atom is 0.341 e. The monoisotopic (exact) mass is 518 g/mol. The van der Waals surface area contributed by atoms with Crippen LogP contribution < -0.4 is 10.2 Å². The molecule has 7 nitrogen and oxygen atoms in total. The number of hydrogen-bond acceptors (Lipinski definition) is 6. The molecule has 3 rings (SSSR count). The number of carbonyl (C=O) groups is 1. The first-order chi connectivity index (χ1) is 13.1. The van der Waals surface area contributed by atoms with Crippen molar-refractivity contribution in [2.45, 2.75) is 20.4 Å². The van der Waals surface area contributed by atoms with Crippen LogP contribution >= 0.6 is 35.3 Å². The fourth-order valence-corrected chi connectivity index (χ4v) is 3.89. The number of nitrogens with one attached hydrogen (secondary N) is 1. The molecule has 0 aromatic carbocycles. The standard InChI is InChI=1S/C19H26N4O3S.HI/c1-4-20-19(21-13-15-12-16(14(2)26-15)18(24)25-3)23-9-7-22(8-10-23)17-6-5-11-27-17;/h5-6,11-12H,4,7-10,13H2,1-3H3,(H,20,21);1H. The van der Waals surface area contributed by atoms with Crippen molar-refractivity contribution in [2.75, 3.05) is 44.7 Å². The number of rotatable bonds is 5. The molecule has 0 unspecified atom stereocenters. The van der Waals surface area contributed by atoms with Crippen LogP contribution in [0.2, 0.25) is 0 Å². The summed E-state index contributed by atoms with van der Waals surface area (Å²) >= 11 is 1.78. The Balaban J connectivity index is 0.00000280. The van der Waals surface area contributed by atoms with E-state index in [1.807, 2.05) is 0 Å². The normalized spacial score (nSPS) is 14.6. The van der Waals surface area contributed by atoms with E-state index in [4.69, 9.17) is 14.1 Å². The van der Waals surface area contributed by atoms with Gasteiger partial charge in [-0.3, -0.25) is 0 Å². The molecule has 0 aliphatic carbocycles. The van der Waals surface area contributed by atoms with Gasteiger partial charge in [0.05, 0.1) is 12.1 Å². The summed E-state index contributed by atoms with van der Waals surface area (Å²) in [4.78, 5) is 21.1. The molecule has 154 valence electrons. The van der Waals surface area contributed by atoms with Gasteiger partial charge >= 0.3 is 5.97 Å². The number of aryl methyl sites for hydroxylation is 1. The van der Waals surface area contributed by atoms with Gasteiger partial charge in [-0.25, -0.2) is 9.79 Å². The largest absolute Gasteiger partial charge is 0.465 e. The Bertz CT molecular complexity index is 783. The summed E-state index contributed by atoms with van der Waals surface area (Å²) in [6, 6.07) is 5.96. The first-order valence-electron chi connectivity index (χ1n) is 9.11. The Morgan fingerprint density at radius 1 is 1.36 bits per heavy atom. The number of nitrogens with zero attached hydrogens (tertiary/aromatic N) is 3. The topological polar surface area (TPSA) is 70.3 Å². The predicted molar refractivity (Wildman–Crippen MR) is 123 cm³/mol. The van der Waals surface area contributed by atoms with E-state index in [1.54, 1.807) is 24.3 Å². The Morgan fingerprint density at radius 3 is 2.71 bits per heavy atom. The lowest BCUT2D eigenvalue weighted by molar-refractivity contribution is 0.0599. The second-order valence-corrected chi connectivity index (χ2v) is 7.20. The lowest BCUT2D eigenvalue weighted by Crippen LogP contribution is -2.52. The minimum absolute atomic E-state index is 0. The summed E-state index contributed by atoms with van der Waals surface area (Å²) in [5, 5.41) is 6.78. The van der Waals surface area contributed by atoms with Crippen molar-refractivity contribution < 1.29 is 13.9 Å². The van der Waals surface area contributed by atoms with E-state index in [9.17, 15) is 4.79 Å². The number of piperazine rings is 1. The van der Waals surface area contributed by atoms with Crippen molar-refractivity contribution in [3.05, 3.63) is 40.7 Å². The molecular weight excluding hydrogens is 491 g/mol. The molecule has 0 atom stereocenters. The predicted octanol–water partition coefficient (Wildman–Crippen LogP) is 3.34. The molecule has 1 N–H and O–H groups in total. The van der Waals surface area contributed by atoms with Gasteiger partial charge in [0.15, 0.2) is 5.96 Å². The second kappa shape index (κ2) is 10.7. The highest BCUT2D eigenvalue weighted by Crippen LogP contribution is 2.22. The minimum atomic E-state index is -0.386. The van der Waals surface area contributed by atoms with E-state index < -0.39 is 0 Å². The molecule has 0 amide bonds. The summed E-state index contributed by atoms with van der Waals surface area (Å²) in [6.07, 6.45) is 0. The number of carbonyl (C=O) groups excluding carboxylic acids is 1. The maximum absolute atomic E-state index is 11.7. The molecule has 3 heterocycles. The zero-order valence-corrected chi connectivity index (χ0v) is 19.6. The average molecular weight is 518 g/mol. The van der Waals surface area contributed by atoms with Gasteiger partial charge in [-0.15, -0.1) is 35.3 Å². The zero-order valence-electron chi connectivity index (χ0n) is 16.4. The number of thiophene rings is 1. The summed E-state index contributed by atoms with van der Waals surface area (Å²) in [5.41, 5.74) is 0.456. The number of guanidine groups is 1. The Kier molecular flexibility index (Phi) is 8.61. The highest BCUT2D eigenvalue weighted by atomic mass is 127. The highest BCUT2D eigenvalue weighted by Gasteiger charge is 2.21. The van der Waals surface area contributed by atoms with Crippen LogP contribution in [-0.2, 0) is 11.3 Å². The number of halogens is 1. The molecule has 2 aromatic heterocycles. The molecular formula is C19H27IN4O3S. The van der Waals surface area contributed by atoms with Gasteiger partial charge in [0.2, 0.25) is 0 Å². The van der Waals surface area contributed by atoms with E-state index in [2.05, 4.69) is 39.6 Å². The van der Waals surface area contributed by atoms with Crippen LogP contribution in [0.15, 0.2) is 33.0 Å². The Hall–Kier alpha value is -1.75. The van der Waals surface area contributed by atoms with Crippen molar-refractivity contribution >= 4 is 52.2 Å². The number of esters is 1. The average Bonchev–Trinajstić information content (AvgIpc) is 3.34. The number of hydrogen-bond donors (Lipinski definition) is 1. The number of ether oxygens (including phenoxy) is 1. The van der Waals surface area contributed by atoms with Gasteiger partial charge < -0.3 is 24.3 Å². The summed E-state index contributed by atoms with van der Waals surface area (Å²) in [7, 11) is 1.37. The molecule has 0 spiro atoms. The molecule has 1 aliphatic heterocycles. The van der Waals surface area contributed by atoms with Crippen LogP contribution in [0.4, 0.5) is 5.00 Å². The number of anilines is 1. The SMILES string of the molecule is CCNC(=NCc1cc(C(=O)OC)c(C)o1)N1CCN(c2cccs2)CC1.I. The number of methoxy groups -OCH3 is 1. The van der Waals surface area contributed by atoms with Crippen LogP contribution in [0.3, 0.4) is 0 Å². The van der Waals surface area contributed by atoms with E-state index in [0.717, 1.165) is 38.7 Å². The van der Waals surface area contributed by atoms with Gasteiger partial charge in [0.25, 0.3) is 0 Å². The van der Waals surface area contributed by atoms with Crippen molar-refractivity contribution in [3.63, 3.8) is 0 Å². The molecule has 9 heteroatoms. The van der Waals surface area contributed by atoms with Crippen LogP contribution in [0.1, 0.15) is 28.8 Å². The van der Waals surface area contributed by atoms with Gasteiger partial charge in [-0.2, -0.15) is 0 Å². The third kappa shape index (κ3) is 5.40. The molecule has 0 saturated carbocycles. The summed E-state index contributed by atoms with van der Waals surface area (Å²) < 4.78 is 10.4. The van der Waals surface area contributed by atoms with E-state index in [1.165, 1.54) is 12.1 Å². The van der Waals surface area contributed by atoms with E-state index in [0.29, 0.717) is 23.6 Å². The Morgan fingerprint density at radius 2 is 2.11 bits per heavy atom. The third-order valence-corrected chi connectivity index (χ3v) is 5.42. The van der Waals surface area contributed by atoms with Gasteiger partial charge in [-0.1, -0.05) is 0 Å². The zero-order chi connectivity index (χ0) is 19.2. The van der Waals surface area contributed by atoms with Gasteiger partial charge in [0.1, 0.15) is 23.6 Å². The van der Waals surface area contributed by atoms with E-state index in [-0.39, 0.29) is 29.9 Å². The smallest absolute Gasteiger partial charge is 0.341 e. The minimum Gasteiger partial charge on any atom is -0.465 e. The Labute approximate surface area is 186 Å². The molecule has 28 heavy (non-hydrogen) atoms. The van der Waals surface area contributed by atoms with Crippen molar-refractivity contribution in [3.8, 4) is 0 Å². The lowest BCUT2D eigenvalue weighted by atomic mass is 10.2. The van der Waals surface area contributed by atoms with Gasteiger partial charge in [-0.05, 0) is 37.4 Å². The van der Waals surface area contributed by atoms with Crippen LogP contribution in [-0.4, -0.2) is 56.7 Å². The van der Waals surface area contributed by atoms with Crippen molar-refractivity contribution in [2.24, 2.45) is 4.99 Å². The molecule has 1 aliphatic rings. The van der Waals surface area contributed by atoms with Crippen LogP contribution in [0, 0.1) is 6.92 Å². The lowest BCUT2D eigenvalue weighted by Gasteiger charge is -2.37. The third-order valence-electron chi connectivity index (χ3n) is 4.49. The van der Waals surface area contributed by atoms with Crippen LogP contribution in [0.5, 0.6) is 0 Å². The van der Waals surface area contributed by atoms with Crippen molar-refractivity contribution in [1.29, 1.82) is 0 Å². The summed E-state index contributed by atoms with van der Waals surface area (Å²) in [6.45, 7) is 8.76. The first kappa shape index (κ1) is 22.5. The number of aliphatic imine (C=N–C) groups is 1. The molecule has 1 fully saturated rings. The first-order valence-corrected chi connectivity index (χ1v) is 9.99. The highest BCUT2D eigenvalue weighted by molar-refractivity contribution is 14.0. The fourth-order valence-electron chi connectivity index (χ4n) is 3.10. The number of furan rings is 1. The fraction of sp³-hybridized carbons (Fsp3) is 0.474.